The van der Waals surface area contributed by atoms with Gasteiger partial charge in [-0.1, -0.05) is 47.5 Å². The first-order chi connectivity index (χ1) is 15.9. The summed E-state index contributed by atoms with van der Waals surface area (Å²) in [4.78, 5) is 18.2. The highest BCUT2D eigenvalue weighted by atomic mass is 35.5. The maximum Gasteiger partial charge on any atom is 0.428 e. The zero-order chi connectivity index (χ0) is 24.5. The molecule has 0 radical (unpaired) electrons. The maximum absolute atomic E-state index is 14.2. The van der Waals surface area contributed by atoms with Crippen LogP contribution in [0.4, 0.5) is 17.6 Å². The smallest absolute Gasteiger partial charge is 0.338 e. The number of amides is 1. The highest BCUT2D eigenvalue weighted by molar-refractivity contribution is 6.35. The van der Waals surface area contributed by atoms with E-state index in [1.165, 1.54) is 0 Å². The number of nitrogens with zero attached hydrogens (tertiary/aromatic N) is 1. The lowest BCUT2D eigenvalue weighted by Gasteiger charge is -2.46. The van der Waals surface area contributed by atoms with Gasteiger partial charge in [-0.3, -0.25) is 15.1 Å². The Morgan fingerprint density at radius 3 is 2.18 bits per heavy atom. The van der Waals surface area contributed by atoms with Gasteiger partial charge in [-0.05, 0) is 42.2 Å². The molecule has 1 saturated heterocycles. The SMILES string of the molecule is O=C(C1CC1)N1CC(Cl)(c2ccc(C3=CC(c4cc(Cl)c(F)c(Cl)c4)(C(F)(F)F)ON3)cc2)C1. The van der Waals surface area contributed by atoms with Gasteiger partial charge in [0.15, 0.2) is 5.82 Å². The van der Waals surface area contributed by atoms with Crippen molar-refractivity contribution in [3.05, 3.63) is 75.0 Å². The Labute approximate surface area is 207 Å². The summed E-state index contributed by atoms with van der Waals surface area (Å²) in [5, 5.41) is -1.11. The Morgan fingerprint density at radius 1 is 1.06 bits per heavy atom. The van der Waals surface area contributed by atoms with Crippen LogP contribution in [0.15, 0.2) is 42.5 Å². The Hall–Kier alpha value is -2.00. The number of rotatable bonds is 4. The minimum atomic E-state index is -4.91. The maximum atomic E-state index is 14.2. The number of hydroxylamine groups is 1. The van der Waals surface area contributed by atoms with E-state index in [9.17, 15) is 22.4 Å². The molecule has 2 heterocycles. The number of hydrogen-bond acceptors (Lipinski definition) is 3. The van der Waals surface area contributed by atoms with Crippen molar-refractivity contribution in [2.75, 3.05) is 13.1 Å². The van der Waals surface area contributed by atoms with Crippen molar-refractivity contribution in [1.29, 1.82) is 0 Å². The summed E-state index contributed by atoms with van der Waals surface area (Å²) in [6.07, 6.45) is -2.22. The largest absolute Gasteiger partial charge is 0.428 e. The zero-order valence-corrected chi connectivity index (χ0v) is 19.6. The number of benzene rings is 2. The first kappa shape index (κ1) is 23.7. The second-order valence-electron chi connectivity index (χ2n) is 8.76. The van der Waals surface area contributed by atoms with Gasteiger partial charge in [0.1, 0.15) is 4.87 Å². The summed E-state index contributed by atoms with van der Waals surface area (Å²) >= 11 is 18.1. The molecule has 1 unspecified atom stereocenters. The van der Waals surface area contributed by atoms with Crippen molar-refractivity contribution in [3.63, 3.8) is 0 Å². The van der Waals surface area contributed by atoms with Crippen molar-refractivity contribution < 1.29 is 27.2 Å². The van der Waals surface area contributed by atoms with Gasteiger partial charge in [0.25, 0.3) is 0 Å². The van der Waals surface area contributed by atoms with Crippen LogP contribution in [-0.2, 0) is 20.1 Å². The molecule has 180 valence electrons. The van der Waals surface area contributed by atoms with E-state index in [1.807, 2.05) is 0 Å². The van der Waals surface area contributed by atoms with Gasteiger partial charge in [0, 0.05) is 24.6 Å². The van der Waals surface area contributed by atoms with E-state index in [2.05, 4.69) is 5.48 Å². The van der Waals surface area contributed by atoms with Crippen LogP contribution in [-0.4, -0.2) is 30.1 Å². The summed E-state index contributed by atoms with van der Waals surface area (Å²) in [6.45, 7) is 0.771. The molecule has 34 heavy (non-hydrogen) atoms. The third-order valence-electron chi connectivity index (χ3n) is 6.34. The Balaban J connectivity index is 1.41. The van der Waals surface area contributed by atoms with E-state index in [0.29, 0.717) is 18.7 Å². The monoisotopic (exact) mass is 534 g/mol. The van der Waals surface area contributed by atoms with Gasteiger partial charge in [-0.2, -0.15) is 13.2 Å². The summed E-state index contributed by atoms with van der Waals surface area (Å²) in [5.41, 5.74) is 0.170. The normalized spacial score (nSPS) is 23.9. The third kappa shape index (κ3) is 3.85. The Morgan fingerprint density at radius 2 is 1.65 bits per heavy atom. The van der Waals surface area contributed by atoms with Crippen LogP contribution >= 0.6 is 34.8 Å². The highest BCUT2D eigenvalue weighted by Crippen LogP contribution is 2.49. The average Bonchev–Trinajstić information content (AvgIpc) is 3.51. The lowest BCUT2D eigenvalue weighted by molar-refractivity contribution is -0.269. The van der Waals surface area contributed by atoms with Crippen molar-refractivity contribution >= 4 is 46.4 Å². The van der Waals surface area contributed by atoms with Crippen LogP contribution in [0.3, 0.4) is 0 Å². The minimum absolute atomic E-state index is 0.0585. The molecule has 0 aromatic heterocycles. The molecule has 2 fully saturated rings. The van der Waals surface area contributed by atoms with Crippen molar-refractivity contribution in [2.24, 2.45) is 5.92 Å². The summed E-state index contributed by atoms with van der Waals surface area (Å²) in [5.74, 6) is -0.780. The lowest BCUT2D eigenvalue weighted by Crippen LogP contribution is -2.58. The number of halogens is 7. The van der Waals surface area contributed by atoms with E-state index in [0.717, 1.165) is 36.6 Å². The van der Waals surface area contributed by atoms with Gasteiger partial charge in [0.05, 0.1) is 15.7 Å². The van der Waals surface area contributed by atoms with Gasteiger partial charge < -0.3 is 4.90 Å². The molecule has 3 aliphatic rings. The lowest BCUT2D eigenvalue weighted by atomic mass is 9.88. The predicted molar refractivity (Wildman–Crippen MR) is 120 cm³/mol. The van der Waals surface area contributed by atoms with E-state index in [-0.39, 0.29) is 17.5 Å². The first-order valence-electron chi connectivity index (χ1n) is 10.4. The van der Waals surface area contributed by atoms with Crippen LogP contribution in [0, 0.1) is 11.7 Å². The Bertz CT molecular complexity index is 1170. The fourth-order valence-electron chi connectivity index (χ4n) is 4.19. The van der Waals surface area contributed by atoms with Gasteiger partial charge in [-0.25, -0.2) is 4.39 Å². The average molecular weight is 536 g/mol. The van der Waals surface area contributed by atoms with Crippen molar-refractivity contribution in [2.45, 2.75) is 29.5 Å². The summed E-state index contributed by atoms with van der Waals surface area (Å²) in [6, 6.07) is 8.33. The molecule has 1 amide bonds. The number of hydrogen-bond donors (Lipinski definition) is 1. The molecular formula is C23H17Cl3F4N2O2. The summed E-state index contributed by atoms with van der Waals surface area (Å²) in [7, 11) is 0. The Kier molecular flexibility index (Phi) is 5.59. The van der Waals surface area contributed by atoms with Crippen LogP contribution in [0.25, 0.3) is 5.70 Å². The molecule has 11 heteroatoms. The first-order valence-corrected chi connectivity index (χ1v) is 11.5. The molecule has 2 aromatic rings. The second kappa shape index (κ2) is 8.01. The number of carbonyl (C=O) groups excluding carboxylic acids is 1. The van der Waals surface area contributed by atoms with Crippen LogP contribution in [0.5, 0.6) is 0 Å². The molecule has 0 bridgehead atoms. The van der Waals surface area contributed by atoms with Crippen molar-refractivity contribution in [1.82, 2.24) is 10.4 Å². The topological polar surface area (TPSA) is 41.6 Å². The van der Waals surface area contributed by atoms with Gasteiger partial charge in [-0.15, -0.1) is 11.6 Å². The number of nitrogens with one attached hydrogen (secondary N) is 1. The fraction of sp³-hybridized carbons (Fsp3) is 0.348. The number of likely N-dealkylation sites (tertiary alicyclic amines) is 1. The molecule has 1 saturated carbocycles. The summed E-state index contributed by atoms with van der Waals surface area (Å²) < 4.78 is 56.2. The third-order valence-corrected chi connectivity index (χ3v) is 7.35. The van der Waals surface area contributed by atoms with Crippen molar-refractivity contribution in [3.8, 4) is 0 Å². The zero-order valence-electron chi connectivity index (χ0n) is 17.4. The van der Waals surface area contributed by atoms with Gasteiger partial charge >= 0.3 is 6.18 Å². The molecule has 4 nitrogen and oxygen atoms in total. The van der Waals surface area contributed by atoms with Crippen LogP contribution in [0.1, 0.15) is 29.5 Å². The molecule has 2 aliphatic heterocycles. The van der Waals surface area contributed by atoms with E-state index < -0.39 is 38.1 Å². The predicted octanol–water partition coefficient (Wildman–Crippen LogP) is 6.15. The number of alkyl halides is 4. The molecule has 2 aromatic carbocycles. The number of carbonyl (C=O) groups is 1. The van der Waals surface area contributed by atoms with Crippen LogP contribution in [0.2, 0.25) is 10.0 Å². The molecular weight excluding hydrogens is 519 g/mol. The highest BCUT2D eigenvalue weighted by Gasteiger charge is 2.60. The van der Waals surface area contributed by atoms with Gasteiger partial charge in [0.2, 0.25) is 11.5 Å². The van der Waals surface area contributed by atoms with E-state index in [4.69, 9.17) is 39.6 Å². The fourth-order valence-corrected chi connectivity index (χ4v) is 5.09. The van der Waals surface area contributed by atoms with Crippen LogP contribution < -0.4 is 5.48 Å². The van der Waals surface area contributed by atoms with E-state index >= 15 is 0 Å². The second-order valence-corrected chi connectivity index (χ2v) is 10.3. The molecule has 5 rings (SSSR count). The molecule has 1 N–H and O–H groups in total. The minimum Gasteiger partial charge on any atom is -0.338 e. The molecule has 1 atom stereocenters. The standard InChI is InChI=1S/C23H17Cl3F4N2O2/c24-16-7-15(8-17(25)19(16)27)22(23(28,29)30)9-18(31-34-22)12-3-5-14(6-4-12)21(26)10-32(11-21)20(33)13-1-2-13/h3-9,13,31H,1-2,10-11H2. The molecule has 0 spiro atoms. The molecule has 1 aliphatic carbocycles. The quantitative estimate of drug-likeness (QED) is 0.290. The van der Waals surface area contributed by atoms with E-state index in [1.54, 1.807) is 29.2 Å².